The van der Waals surface area contributed by atoms with Crippen LogP contribution in [0.5, 0.6) is 0 Å². The zero-order valence-corrected chi connectivity index (χ0v) is 15.2. The highest BCUT2D eigenvalue weighted by atomic mass is 127. The van der Waals surface area contributed by atoms with Crippen LogP contribution in [0.15, 0.2) is 30.3 Å². The van der Waals surface area contributed by atoms with E-state index in [9.17, 15) is 14.7 Å². The van der Waals surface area contributed by atoms with Gasteiger partial charge in [0.05, 0.1) is 6.04 Å². The number of aliphatic carboxylic acids is 1. The van der Waals surface area contributed by atoms with Crippen molar-refractivity contribution in [2.45, 2.75) is 48.4 Å². The molecule has 1 N–H and O–H groups in total. The van der Waals surface area contributed by atoms with E-state index in [1.165, 1.54) is 6.92 Å². The van der Waals surface area contributed by atoms with E-state index >= 15 is 0 Å². The molecule has 0 spiro atoms. The second-order valence-corrected chi connectivity index (χ2v) is 7.74. The van der Waals surface area contributed by atoms with E-state index in [1.807, 2.05) is 42.2 Å². The summed E-state index contributed by atoms with van der Waals surface area (Å²) in [5.74, 6) is -1.08. The lowest BCUT2D eigenvalue weighted by atomic mass is 9.94. The summed E-state index contributed by atoms with van der Waals surface area (Å²) in [5.41, 5.74) is 1.08. The molecule has 2 aliphatic rings. The lowest BCUT2D eigenvalue weighted by Gasteiger charge is -2.40. The summed E-state index contributed by atoms with van der Waals surface area (Å²) in [7, 11) is 0. The van der Waals surface area contributed by atoms with Crippen LogP contribution in [-0.4, -0.2) is 44.1 Å². The Morgan fingerprint density at radius 2 is 2.00 bits per heavy atom. The maximum atomic E-state index is 11.9. The van der Waals surface area contributed by atoms with Gasteiger partial charge in [0.2, 0.25) is 0 Å². The summed E-state index contributed by atoms with van der Waals surface area (Å²) < 4.78 is 5.65. The van der Waals surface area contributed by atoms with Crippen LogP contribution in [-0.2, 0) is 14.3 Å². The third-order valence-electron chi connectivity index (χ3n) is 4.99. The molecule has 1 saturated carbocycles. The van der Waals surface area contributed by atoms with Crippen LogP contribution >= 0.6 is 22.6 Å². The summed E-state index contributed by atoms with van der Waals surface area (Å²) in [6.07, 6.45) is 0.411. The number of ether oxygens (including phenoxy) is 1. The molecule has 1 aromatic rings. The van der Waals surface area contributed by atoms with Crippen molar-refractivity contribution in [1.29, 1.82) is 0 Å². The Bertz CT molecular complexity index is 608. The number of hydrogen-bond acceptors (Lipinski definition) is 4. The molecule has 2 fully saturated rings. The minimum absolute atomic E-state index is 0.00797. The van der Waals surface area contributed by atoms with Crippen molar-refractivity contribution in [2.75, 3.05) is 0 Å². The van der Waals surface area contributed by atoms with E-state index in [1.54, 1.807) is 0 Å². The quantitative estimate of drug-likeness (QED) is 0.453. The monoisotopic (exact) mass is 429 g/mol. The summed E-state index contributed by atoms with van der Waals surface area (Å²) >= 11 is 2.33. The number of carbonyl (C=O) groups excluding carboxylic acids is 1. The molecule has 0 radical (unpaired) electrons. The van der Waals surface area contributed by atoms with Crippen molar-refractivity contribution in [3.8, 4) is 0 Å². The molecule has 2 bridgehead atoms. The van der Waals surface area contributed by atoms with Crippen molar-refractivity contribution in [3.63, 3.8) is 0 Å². The molecule has 1 aromatic carbocycles. The van der Waals surface area contributed by atoms with Gasteiger partial charge in [-0.3, -0.25) is 14.5 Å². The van der Waals surface area contributed by atoms with E-state index in [0.717, 1.165) is 5.56 Å². The van der Waals surface area contributed by atoms with Gasteiger partial charge in [-0.25, -0.2) is 0 Å². The van der Waals surface area contributed by atoms with Crippen molar-refractivity contribution in [1.82, 2.24) is 4.90 Å². The van der Waals surface area contributed by atoms with Crippen LogP contribution < -0.4 is 0 Å². The number of halogens is 1. The number of fused-ring (bicyclic) bond motifs is 2. The maximum absolute atomic E-state index is 11.9. The number of carboxylic acid groups (broad SMARTS) is 1. The van der Waals surface area contributed by atoms with Gasteiger partial charge in [-0.15, -0.1) is 0 Å². The minimum atomic E-state index is -0.789. The Morgan fingerprint density at radius 3 is 2.57 bits per heavy atom. The molecule has 1 heterocycles. The van der Waals surface area contributed by atoms with Gasteiger partial charge in [0.15, 0.2) is 0 Å². The molecule has 3 rings (SSSR count). The van der Waals surface area contributed by atoms with Crippen molar-refractivity contribution in [2.24, 2.45) is 5.92 Å². The molecule has 6 heteroatoms. The molecule has 1 aliphatic heterocycles. The van der Waals surface area contributed by atoms with Gasteiger partial charge < -0.3 is 9.84 Å². The zero-order valence-electron chi connectivity index (χ0n) is 13.1. The van der Waals surface area contributed by atoms with Gasteiger partial charge in [-0.1, -0.05) is 52.9 Å². The van der Waals surface area contributed by atoms with Crippen LogP contribution in [0.4, 0.5) is 0 Å². The van der Waals surface area contributed by atoms with Crippen LogP contribution in [0.25, 0.3) is 0 Å². The Labute approximate surface area is 149 Å². The zero-order chi connectivity index (χ0) is 16.7. The van der Waals surface area contributed by atoms with E-state index in [2.05, 4.69) is 22.6 Å². The first-order valence-electron chi connectivity index (χ1n) is 7.78. The van der Waals surface area contributed by atoms with E-state index < -0.39 is 12.0 Å². The summed E-state index contributed by atoms with van der Waals surface area (Å²) in [4.78, 5) is 25.3. The fourth-order valence-corrected chi connectivity index (χ4v) is 5.63. The van der Waals surface area contributed by atoms with Crippen LogP contribution in [0, 0.1) is 5.92 Å². The van der Waals surface area contributed by atoms with Gasteiger partial charge in [0.1, 0.15) is 12.1 Å². The van der Waals surface area contributed by atoms with Crippen molar-refractivity contribution >= 4 is 34.5 Å². The third-order valence-corrected chi connectivity index (χ3v) is 6.65. The van der Waals surface area contributed by atoms with Gasteiger partial charge in [0, 0.05) is 22.8 Å². The molecule has 0 aromatic heterocycles. The standard InChI is InChI=1S/C17H20INO4/c1-9(11-6-4-3-5-7-11)19-15(17(21)22)12-8-13(23-10(2)20)16(19)14(12)18/h3-7,9,12-16H,8H2,1-2H3,(H,21,22)/t9-,12-,13-,14+,15+,16+/m1/s1. The third kappa shape index (κ3) is 2.87. The fourth-order valence-electron chi connectivity index (χ4n) is 4.11. The van der Waals surface area contributed by atoms with Gasteiger partial charge >= 0.3 is 11.9 Å². The predicted octanol–water partition coefficient (Wildman–Crippen LogP) is 2.64. The molecular formula is C17H20INO4. The number of hydrogen-bond donors (Lipinski definition) is 1. The van der Waals surface area contributed by atoms with Gasteiger partial charge in [-0.05, 0) is 18.9 Å². The smallest absolute Gasteiger partial charge is 0.321 e. The number of nitrogens with zero attached hydrogens (tertiary/aromatic N) is 1. The number of rotatable bonds is 4. The fraction of sp³-hybridized carbons (Fsp3) is 0.529. The second-order valence-electron chi connectivity index (χ2n) is 6.30. The minimum Gasteiger partial charge on any atom is -0.480 e. The van der Waals surface area contributed by atoms with Crippen LogP contribution in [0.1, 0.15) is 31.9 Å². The number of alkyl halides is 1. The van der Waals surface area contributed by atoms with Crippen molar-refractivity contribution < 1.29 is 19.4 Å². The number of carboxylic acids is 1. The molecule has 0 unspecified atom stereocenters. The molecule has 1 saturated heterocycles. The Hall–Kier alpha value is -1.15. The molecule has 23 heavy (non-hydrogen) atoms. The summed E-state index contributed by atoms with van der Waals surface area (Å²) in [6.45, 7) is 3.44. The molecule has 6 atom stereocenters. The number of benzene rings is 1. The normalized spacial score (nSPS) is 34.3. The van der Waals surface area contributed by atoms with E-state index in [4.69, 9.17) is 4.74 Å². The van der Waals surface area contributed by atoms with Gasteiger partial charge in [-0.2, -0.15) is 0 Å². The average molecular weight is 429 g/mol. The summed E-state index contributed by atoms with van der Waals surface area (Å²) in [5, 5.41) is 9.73. The first kappa shape index (κ1) is 16.7. The van der Waals surface area contributed by atoms with Crippen LogP contribution in [0.3, 0.4) is 0 Å². The first-order valence-corrected chi connectivity index (χ1v) is 9.03. The van der Waals surface area contributed by atoms with E-state index in [0.29, 0.717) is 6.42 Å². The SMILES string of the molecule is CC(=O)O[C@@H]1C[C@@H]2[C@H](I)[C@H]1N([C@H](C)c1ccccc1)[C@@H]2C(=O)O. The molecule has 5 nitrogen and oxygen atoms in total. The second kappa shape index (κ2) is 6.39. The van der Waals surface area contributed by atoms with Crippen LogP contribution in [0.2, 0.25) is 0 Å². The number of carbonyl (C=O) groups is 2. The van der Waals surface area contributed by atoms with Gasteiger partial charge in [0.25, 0.3) is 0 Å². The van der Waals surface area contributed by atoms with E-state index in [-0.39, 0.29) is 34.0 Å². The molecule has 124 valence electrons. The molecule has 0 amide bonds. The topological polar surface area (TPSA) is 66.8 Å². The maximum Gasteiger partial charge on any atom is 0.321 e. The lowest BCUT2D eigenvalue weighted by molar-refractivity contribution is -0.156. The lowest BCUT2D eigenvalue weighted by Crippen LogP contribution is -2.52. The Morgan fingerprint density at radius 1 is 1.35 bits per heavy atom. The Balaban J connectivity index is 1.94. The highest BCUT2D eigenvalue weighted by Gasteiger charge is 2.61. The number of esters is 1. The highest BCUT2D eigenvalue weighted by molar-refractivity contribution is 14.1. The predicted molar refractivity (Wildman–Crippen MR) is 93.4 cm³/mol. The number of piperidine rings is 1. The first-order chi connectivity index (χ1) is 10.9. The largest absolute Gasteiger partial charge is 0.480 e. The molecular weight excluding hydrogens is 409 g/mol. The van der Waals surface area contributed by atoms with Crippen molar-refractivity contribution in [3.05, 3.63) is 35.9 Å². The molecule has 1 aliphatic carbocycles. The number of likely N-dealkylation sites (tertiary alicyclic amines) is 1. The Kier molecular flexibility index (Phi) is 4.64. The average Bonchev–Trinajstić information content (AvgIpc) is 2.96. The summed E-state index contributed by atoms with van der Waals surface area (Å²) in [6, 6.07) is 9.27. The highest BCUT2D eigenvalue weighted by Crippen LogP contribution is 2.51.